The quantitative estimate of drug-likeness (QED) is 0.463. The van der Waals surface area contributed by atoms with Crippen LogP contribution in [0, 0.1) is 5.92 Å². The maximum atomic E-state index is 12.2. The topological polar surface area (TPSA) is 119 Å². The summed E-state index contributed by atoms with van der Waals surface area (Å²) in [5.74, 6) is -2.61. The molecule has 0 aromatic carbocycles. The summed E-state index contributed by atoms with van der Waals surface area (Å²) in [5, 5.41) is 2.36. The molecule has 8 nitrogen and oxygen atoms in total. The van der Waals surface area contributed by atoms with Gasteiger partial charge in [0.15, 0.2) is 0 Å². The van der Waals surface area contributed by atoms with E-state index in [1.54, 1.807) is 13.8 Å². The lowest BCUT2D eigenvalue weighted by Gasteiger charge is -2.27. The summed E-state index contributed by atoms with van der Waals surface area (Å²) in [6.45, 7) is 3.13. The van der Waals surface area contributed by atoms with Crippen molar-refractivity contribution in [2.75, 3.05) is 13.7 Å². The van der Waals surface area contributed by atoms with Crippen molar-refractivity contribution in [2.24, 2.45) is 11.7 Å². The summed E-state index contributed by atoms with van der Waals surface area (Å²) in [5.41, 5.74) is 5.15. The van der Waals surface area contributed by atoms with Crippen LogP contribution in [-0.4, -0.2) is 54.3 Å². The van der Waals surface area contributed by atoms with Crippen LogP contribution in [0.1, 0.15) is 20.3 Å². The molecule has 3 amide bonds. The van der Waals surface area contributed by atoms with Gasteiger partial charge in [0.2, 0.25) is 11.8 Å². The Morgan fingerprint density at radius 2 is 2.05 bits per heavy atom. The minimum atomic E-state index is -0.986. The molecule has 0 spiro atoms. The largest absolute Gasteiger partial charge is 0.467 e. The molecule has 0 aliphatic carbocycles. The third kappa shape index (κ3) is 3.13. The second-order valence-electron chi connectivity index (χ2n) is 4.84. The van der Waals surface area contributed by atoms with E-state index < -0.39 is 35.8 Å². The zero-order valence-corrected chi connectivity index (χ0v) is 11.7. The van der Waals surface area contributed by atoms with Gasteiger partial charge in [0.05, 0.1) is 20.1 Å². The normalized spacial score (nSPS) is 20.2. The lowest BCUT2D eigenvalue weighted by atomic mass is 10.0. The van der Waals surface area contributed by atoms with Crippen molar-refractivity contribution in [1.29, 1.82) is 0 Å². The highest BCUT2D eigenvalue weighted by Crippen LogP contribution is 2.21. The summed E-state index contributed by atoms with van der Waals surface area (Å²) < 4.78 is 4.63. The van der Waals surface area contributed by atoms with Gasteiger partial charge in [-0.15, -0.1) is 0 Å². The molecular formula is C12H19N3O5. The van der Waals surface area contributed by atoms with Gasteiger partial charge in [-0.2, -0.15) is 0 Å². The van der Waals surface area contributed by atoms with Crippen molar-refractivity contribution in [2.45, 2.75) is 32.4 Å². The lowest BCUT2D eigenvalue weighted by molar-refractivity contribution is -0.158. The molecule has 0 radical (unpaired) electrons. The van der Waals surface area contributed by atoms with Crippen LogP contribution in [0.5, 0.6) is 0 Å². The molecule has 1 saturated heterocycles. The predicted molar refractivity (Wildman–Crippen MR) is 68.1 cm³/mol. The van der Waals surface area contributed by atoms with Gasteiger partial charge in [0.1, 0.15) is 12.1 Å². The third-order valence-corrected chi connectivity index (χ3v) is 3.06. The Hall–Kier alpha value is -1.96. The highest BCUT2D eigenvalue weighted by atomic mass is 16.5. The molecule has 0 saturated carbocycles. The van der Waals surface area contributed by atoms with Crippen molar-refractivity contribution in [3.05, 3.63) is 0 Å². The second-order valence-corrected chi connectivity index (χ2v) is 4.84. The van der Waals surface area contributed by atoms with Gasteiger partial charge < -0.3 is 15.8 Å². The minimum absolute atomic E-state index is 0.176. The molecule has 1 fully saturated rings. The zero-order chi connectivity index (χ0) is 15.4. The highest BCUT2D eigenvalue weighted by molar-refractivity contribution is 6.09. The van der Waals surface area contributed by atoms with E-state index in [9.17, 15) is 19.2 Å². The number of nitrogens with zero attached hydrogens (tertiary/aromatic N) is 1. The Kier molecular flexibility index (Phi) is 5.20. The molecule has 1 aliphatic heterocycles. The van der Waals surface area contributed by atoms with Crippen molar-refractivity contribution in [3.8, 4) is 0 Å². The van der Waals surface area contributed by atoms with Crippen molar-refractivity contribution < 1.29 is 23.9 Å². The standard InChI is InChI=1S/C12H19N3O5/c1-6(2)10(12(19)20-3)15-9(17)4-7(11(15)18)14-8(16)5-13/h6-7,10H,4-5,13H2,1-3H3,(H,14,16)/t7?,10-/m0/s1. The first kappa shape index (κ1) is 16.1. The number of rotatable bonds is 5. The molecule has 8 heteroatoms. The second kappa shape index (κ2) is 6.47. The fraction of sp³-hybridized carbons (Fsp3) is 0.667. The number of hydrogen-bond donors (Lipinski definition) is 2. The molecule has 3 N–H and O–H groups in total. The highest BCUT2D eigenvalue weighted by Gasteiger charge is 2.46. The first-order valence-corrected chi connectivity index (χ1v) is 6.26. The van der Waals surface area contributed by atoms with Crippen molar-refractivity contribution in [1.82, 2.24) is 10.2 Å². The van der Waals surface area contributed by atoms with Crippen LogP contribution in [0.15, 0.2) is 0 Å². The summed E-state index contributed by atoms with van der Waals surface area (Å²) in [6, 6.07) is -1.95. The van der Waals surface area contributed by atoms with Gasteiger partial charge >= 0.3 is 5.97 Å². The SMILES string of the molecule is COC(=O)[C@H](C(C)C)N1C(=O)CC(NC(=O)CN)C1=O. The number of hydrogen-bond acceptors (Lipinski definition) is 6. The maximum Gasteiger partial charge on any atom is 0.329 e. The van der Waals surface area contributed by atoms with E-state index in [0.29, 0.717) is 0 Å². The summed E-state index contributed by atoms with van der Waals surface area (Å²) in [6.07, 6.45) is -0.176. The van der Waals surface area contributed by atoms with Crippen LogP contribution >= 0.6 is 0 Å². The van der Waals surface area contributed by atoms with Crippen molar-refractivity contribution in [3.63, 3.8) is 0 Å². The van der Waals surface area contributed by atoms with Gasteiger partial charge in [-0.1, -0.05) is 13.8 Å². The summed E-state index contributed by atoms with van der Waals surface area (Å²) in [7, 11) is 1.19. The van der Waals surface area contributed by atoms with Gasteiger partial charge in [0.25, 0.3) is 5.91 Å². The van der Waals surface area contributed by atoms with E-state index in [1.165, 1.54) is 7.11 Å². The first-order chi connectivity index (χ1) is 9.33. The Bertz CT molecular complexity index is 435. The van der Waals surface area contributed by atoms with Crippen LogP contribution in [0.4, 0.5) is 0 Å². The van der Waals surface area contributed by atoms with Crippen LogP contribution in [0.25, 0.3) is 0 Å². The fourth-order valence-corrected chi connectivity index (χ4v) is 2.11. The van der Waals surface area contributed by atoms with E-state index >= 15 is 0 Å². The molecule has 20 heavy (non-hydrogen) atoms. The van der Waals surface area contributed by atoms with E-state index in [0.717, 1.165) is 4.90 Å². The van der Waals surface area contributed by atoms with Crippen LogP contribution in [0.2, 0.25) is 0 Å². The van der Waals surface area contributed by atoms with Gasteiger partial charge in [0, 0.05) is 0 Å². The van der Waals surface area contributed by atoms with Gasteiger partial charge in [-0.25, -0.2) is 4.79 Å². The number of carbonyl (C=O) groups is 4. The molecular weight excluding hydrogens is 266 g/mol. The number of esters is 1. The molecule has 1 unspecified atom stereocenters. The number of nitrogens with one attached hydrogen (secondary N) is 1. The van der Waals surface area contributed by atoms with Crippen molar-refractivity contribution >= 4 is 23.7 Å². The molecule has 0 bridgehead atoms. The number of nitrogens with two attached hydrogens (primary N) is 1. The van der Waals surface area contributed by atoms with Gasteiger partial charge in [-0.05, 0) is 5.92 Å². The number of likely N-dealkylation sites (tertiary alicyclic amines) is 1. The molecule has 0 aromatic heterocycles. The van der Waals surface area contributed by atoms with Crippen LogP contribution in [-0.2, 0) is 23.9 Å². The zero-order valence-electron chi connectivity index (χ0n) is 11.7. The van der Waals surface area contributed by atoms with E-state index in [-0.39, 0.29) is 18.9 Å². The van der Waals surface area contributed by atoms with Crippen LogP contribution in [0.3, 0.4) is 0 Å². The monoisotopic (exact) mass is 285 g/mol. The Labute approximate surface area is 116 Å². The number of ether oxygens (including phenoxy) is 1. The first-order valence-electron chi connectivity index (χ1n) is 6.26. The predicted octanol–water partition coefficient (Wildman–Crippen LogP) is -1.61. The van der Waals surface area contributed by atoms with Crippen LogP contribution < -0.4 is 11.1 Å². The number of imide groups is 1. The minimum Gasteiger partial charge on any atom is -0.467 e. The molecule has 1 rings (SSSR count). The van der Waals surface area contributed by atoms with E-state index in [4.69, 9.17) is 5.73 Å². The molecule has 2 atom stereocenters. The maximum absolute atomic E-state index is 12.2. The molecule has 0 aromatic rings. The third-order valence-electron chi connectivity index (χ3n) is 3.06. The average Bonchev–Trinajstić information content (AvgIpc) is 2.66. The number of amides is 3. The molecule has 1 heterocycles. The summed E-state index contributed by atoms with van der Waals surface area (Å²) >= 11 is 0. The van der Waals surface area contributed by atoms with E-state index in [2.05, 4.69) is 10.1 Å². The Morgan fingerprint density at radius 3 is 2.50 bits per heavy atom. The Morgan fingerprint density at radius 1 is 1.45 bits per heavy atom. The summed E-state index contributed by atoms with van der Waals surface area (Å²) in [4.78, 5) is 47.9. The average molecular weight is 285 g/mol. The molecule has 112 valence electrons. The number of carbonyl (C=O) groups excluding carboxylic acids is 4. The van der Waals surface area contributed by atoms with E-state index in [1.807, 2.05) is 0 Å². The Balaban J connectivity index is 2.95. The van der Waals surface area contributed by atoms with Gasteiger partial charge in [-0.3, -0.25) is 19.3 Å². The lowest BCUT2D eigenvalue weighted by Crippen LogP contribution is -2.51. The smallest absolute Gasteiger partial charge is 0.329 e. The number of methoxy groups -OCH3 is 1. The fourth-order valence-electron chi connectivity index (χ4n) is 2.11. The molecule has 1 aliphatic rings.